The van der Waals surface area contributed by atoms with E-state index in [1.54, 1.807) is 24.3 Å². The molecule has 2 unspecified atom stereocenters. The number of rotatable bonds is 5. The highest BCUT2D eigenvalue weighted by atomic mass is 16.4. The Morgan fingerprint density at radius 3 is 2.47 bits per heavy atom. The fraction of sp³-hybridized carbons (Fsp3) is 0.467. The molecule has 1 amide bonds. The van der Waals surface area contributed by atoms with Crippen LogP contribution in [-0.2, 0) is 16.0 Å². The highest BCUT2D eigenvalue weighted by molar-refractivity contribution is 5.94. The Morgan fingerprint density at radius 1 is 1.21 bits per heavy atom. The van der Waals surface area contributed by atoms with Gasteiger partial charge in [0, 0.05) is 11.6 Å². The molecule has 0 aromatic heterocycles. The zero-order valence-electron chi connectivity index (χ0n) is 10.6. The summed E-state index contributed by atoms with van der Waals surface area (Å²) in [6.45, 7) is 0. The molecule has 0 heterocycles. The molecule has 0 radical (unpaired) electrons. The number of carbonyl (C=O) groups excluding carboxylic acids is 1. The highest BCUT2D eigenvalue weighted by Crippen LogP contribution is 2.54. The van der Waals surface area contributed by atoms with Gasteiger partial charge in [-0.25, -0.2) is 0 Å². The Bertz CT molecular complexity index is 505. The van der Waals surface area contributed by atoms with Crippen molar-refractivity contribution in [2.24, 2.45) is 17.8 Å². The molecule has 0 bridgehead atoms. The molecule has 0 spiro atoms. The summed E-state index contributed by atoms with van der Waals surface area (Å²) in [6, 6.07) is 7.03. The lowest BCUT2D eigenvalue weighted by molar-refractivity contribution is -0.136. The van der Waals surface area contributed by atoms with Gasteiger partial charge in [0.25, 0.3) is 0 Å². The van der Waals surface area contributed by atoms with E-state index in [-0.39, 0.29) is 18.2 Å². The van der Waals surface area contributed by atoms with Crippen molar-refractivity contribution in [3.63, 3.8) is 0 Å². The fourth-order valence-electron chi connectivity index (χ4n) is 2.68. The largest absolute Gasteiger partial charge is 0.481 e. The van der Waals surface area contributed by atoms with Crippen molar-refractivity contribution in [1.82, 2.24) is 0 Å². The minimum atomic E-state index is -0.845. The van der Waals surface area contributed by atoms with Crippen molar-refractivity contribution in [2.75, 3.05) is 5.32 Å². The Kier molecular flexibility index (Phi) is 3.01. The number of nitrogens with one attached hydrogen (secondary N) is 1. The zero-order valence-corrected chi connectivity index (χ0v) is 10.6. The molecule has 4 nitrogen and oxygen atoms in total. The molecular formula is C15H17NO3. The number of benzene rings is 1. The quantitative estimate of drug-likeness (QED) is 0.852. The van der Waals surface area contributed by atoms with Gasteiger partial charge in [-0.15, -0.1) is 0 Å². The highest BCUT2D eigenvalue weighted by Gasteiger charge is 2.51. The number of aliphatic carboxylic acids is 1. The molecule has 0 saturated heterocycles. The van der Waals surface area contributed by atoms with Gasteiger partial charge in [0.15, 0.2) is 0 Å². The molecule has 2 aliphatic rings. The Morgan fingerprint density at radius 2 is 1.89 bits per heavy atom. The average molecular weight is 259 g/mol. The van der Waals surface area contributed by atoms with Crippen LogP contribution >= 0.6 is 0 Å². The Hall–Kier alpha value is -1.84. The minimum absolute atomic E-state index is 0.0145. The van der Waals surface area contributed by atoms with E-state index in [1.165, 1.54) is 12.8 Å². The lowest BCUT2D eigenvalue weighted by Gasteiger charge is -2.05. The summed E-state index contributed by atoms with van der Waals surface area (Å²) in [5.74, 6) is 0.885. The smallest absolute Gasteiger partial charge is 0.307 e. The molecule has 1 aromatic rings. The van der Waals surface area contributed by atoms with E-state index in [2.05, 4.69) is 5.32 Å². The second kappa shape index (κ2) is 4.68. The topological polar surface area (TPSA) is 66.4 Å². The van der Waals surface area contributed by atoms with Crippen LogP contribution < -0.4 is 5.32 Å². The van der Waals surface area contributed by atoms with Gasteiger partial charge in [0.2, 0.25) is 5.91 Å². The lowest BCUT2D eigenvalue weighted by Crippen LogP contribution is -2.15. The summed E-state index contributed by atoms with van der Waals surface area (Å²) in [7, 11) is 0. The summed E-state index contributed by atoms with van der Waals surface area (Å²) in [6.07, 6.45) is 3.63. The number of anilines is 1. The molecule has 100 valence electrons. The van der Waals surface area contributed by atoms with Gasteiger partial charge in [-0.3, -0.25) is 9.59 Å². The van der Waals surface area contributed by atoms with Crippen LogP contribution in [0.4, 0.5) is 5.69 Å². The summed E-state index contributed by atoms with van der Waals surface area (Å²) < 4.78 is 0. The second-order valence-electron chi connectivity index (χ2n) is 5.60. The first-order chi connectivity index (χ1) is 9.13. The molecule has 2 fully saturated rings. The normalized spacial score (nSPS) is 24.8. The average Bonchev–Trinajstić information content (AvgIpc) is 3.23. The van der Waals surface area contributed by atoms with Gasteiger partial charge in [-0.1, -0.05) is 12.1 Å². The molecular weight excluding hydrogens is 242 g/mol. The zero-order chi connectivity index (χ0) is 13.4. The van der Waals surface area contributed by atoms with Crippen molar-refractivity contribution in [2.45, 2.75) is 25.7 Å². The van der Waals surface area contributed by atoms with Gasteiger partial charge < -0.3 is 10.4 Å². The number of carbonyl (C=O) groups is 2. The molecule has 1 aromatic carbocycles. The first kappa shape index (κ1) is 12.2. The van der Waals surface area contributed by atoms with Gasteiger partial charge in [0.05, 0.1) is 6.42 Å². The van der Waals surface area contributed by atoms with E-state index < -0.39 is 5.97 Å². The fourth-order valence-corrected chi connectivity index (χ4v) is 2.68. The van der Waals surface area contributed by atoms with Crippen LogP contribution in [0.3, 0.4) is 0 Å². The van der Waals surface area contributed by atoms with Gasteiger partial charge >= 0.3 is 5.97 Å². The molecule has 2 aliphatic carbocycles. The molecule has 0 aliphatic heterocycles. The minimum Gasteiger partial charge on any atom is -0.481 e. The van der Waals surface area contributed by atoms with Crippen LogP contribution in [0.25, 0.3) is 0 Å². The van der Waals surface area contributed by atoms with Crippen molar-refractivity contribution in [3.05, 3.63) is 29.8 Å². The third kappa shape index (κ3) is 2.95. The monoisotopic (exact) mass is 259 g/mol. The van der Waals surface area contributed by atoms with Gasteiger partial charge in [0.1, 0.15) is 0 Å². The molecule has 2 N–H and O–H groups in total. The van der Waals surface area contributed by atoms with Crippen LogP contribution in [0.15, 0.2) is 24.3 Å². The van der Waals surface area contributed by atoms with E-state index in [4.69, 9.17) is 5.11 Å². The summed E-state index contributed by atoms with van der Waals surface area (Å²) in [4.78, 5) is 22.5. The summed E-state index contributed by atoms with van der Waals surface area (Å²) in [5.41, 5.74) is 1.49. The lowest BCUT2D eigenvalue weighted by atomic mass is 10.1. The maximum absolute atomic E-state index is 12.0. The van der Waals surface area contributed by atoms with Crippen LogP contribution in [0.2, 0.25) is 0 Å². The number of carboxylic acids is 1. The summed E-state index contributed by atoms with van der Waals surface area (Å²) >= 11 is 0. The predicted octanol–water partition coefficient (Wildman–Crippen LogP) is 2.30. The second-order valence-corrected chi connectivity index (χ2v) is 5.60. The number of carboxylic acid groups (broad SMARTS) is 1. The Balaban J connectivity index is 1.54. The van der Waals surface area contributed by atoms with Crippen LogP contribution in [0, 0.1) is 17.8 Å². The van der Waals surface area contributed by atoms with Gasteiger partial charge in [-0.05, 0) is 48.8 Å². The number of hydrogen-bond acceptors (Lipinski definition) is 2. The first-order valence-corrected chi connectivity index (χ1v) is 6.75. The molecule has 2 saturated carbocycles. The third-order valence-electron chi connectivity index (χ3n) is 3.98. The van der Waals surface area contributed by atoms with Gasteiger partial charge in [-0.2, -0.15) is 0 Å². The van der Waals surface area contributed by atoms with E-state index in [0.29, 0.717) is 5.92 Å². The molecule has 2 atom stereocenters. The van der Waals surface area contributed by atoms with E-state index in [9.17, 15) is 9.59 Å². The predicted molar refractivity (Wildman–Crippen MR) is 70.7 cm³/mol. The van der Waals surface area contributed by atoms with Crippen LogP contribution in [0.1, 0.15) is 24.8 Å². The third-order valence-corrected chi connectivity index (χ3v) is 3.98. The van der Waals surface area contributed by atoms with E-state index >= 15 is 0 Å². The van der Waals surface area contributed by atoms with Crippen molar-refractivity contribution < 1.29 is 14.7 Å². The Labute approximate surface area is 111 Å². The molecule has 4 heteroatoms. The maximum atomic E-state index is 12.0. The maximum Gasteiger partial charge on any atom is 0.307 e. The first-order valence-electron chi connectivity index (χ1n) is 6.75. The number of hydrogen-bond donors (Lipinski definition) is 2. The molecule has 3 rings (SSSR count). The molecule has 19 heavy (non-hydrogen) atoms. The van der Waals surface area contributed by atoms with Crippen LogP contribution in [-0.4, -0.2) is 17.0 Å². The SMILES string of the molecule is O=C(O)Cc1ccc(NC(=O)C2CC2C2CC2)cc1. The van der Waals surface area contributed by atoms with E-state index in [0.717, 1.165) is 23.6 Å². The van der Waals surface area contributed by atoms with Crippen molar-refractivity contribution in [1.29, 1.82) is 0 Å². The summed E-state index contributed by atoms with van der Waals surface area (Å²) in [5, 5.41) is 11.6. The van der Waals surface area contributed by atoms with Crippen LogP contribution in [0.5, 0.6) is 0 Å². The van der Waals surface area contributed by atoms with E-state index in [1.807, 2.05) is 0 Å². The number of amides is 1. The van der Waals surface area contributed by atoms with Crippen molar-refractivity contribution in [3.8, 4) is 0 Å². The van der Waals surface area contributed by atoms with Crippen molar-refractivity contribution >= 4 is 17.6 Å². The standard InChI is InChI=1S/C15H17NO3/c17-14(18)7-9-1-5-11(6-2-9)16-15(19)13-8-12(13)10-3-4-10/h1-2,5-6,10,12-13H,3-4,7-8H2,(H,16,19)(H,17,18).